The van der Waals surface area contributed by atoms with Crippen molar-refractivity contribution in [3.8, 4) is 5.75 Å². The minimum absolute atomic E-state index is 0.0693. The number of benzene rings is 2. The van der Waals surface area contributed by atoms with Crippen LogP contribution in [0, 0.1) is 10.1 Å². The number of hydrogen-bond acceptors (Lipinski definition) is 3. The van der Waals surface area contributed by atoms with E-state index < -0.39 is 4.92 Å². The quantitative estimate of drug-likeness (QED) is 0.410. The van der Waals surface area contributed by atoms with E-state index in [2.05, 4.69) is 31.9 Å². The predicted octanol–water partition coefficient (Wildman–Crippen LogP) is 4.83. The van der Waals surface area contributed by atoms with E-state index in [-0.39, 0.29) is 12.3 Å². The first-order chi connectivity index (χ1) is 9.60. The van der Waals surface area contributed by atoms with Crippen molar-refractivity contribution in [3.05, 3.63) is 68.2 Å². The van der Waals surface area contributed by atoms with Gasteiger partial charge in [0.2, 0.25) is 0 Å². The number of non-ortho nitro benzene ring substituents is 1. The summed E-state index contributed by atoms with van der Waals surface area (Å²) >= 11 is 6.83. The Morgan fingerprint density at radius 2 is 1.95 bits per heavy atom. The maximum Gasteiger partial charge on any atom is 0.269 e. The molecule has 2 aromatic carbocycles. The third-order valence-corrected chi connectivity index (χ3v) is 3.93. The first-order valence-electron chi connectivity index (χ1n) is 5.80. The molecule has 0 aliphatic carbocycles. The van der Waals surface area contributed by atoms with Crippen LogP contribution in [0.15, 0.2) is 46.9 Å². The van der Waals surface area contributed by atoms with E-state index in [9.17, 15) is 10.1 Å². The van der Waals surface area contributed by atoms with Gasteiger partial charge in [0, 0.05) is 17.5 Å². The van der Waals surface area contributed by atoms with Crippen molar-refractivity contribution in [2.24, 2.45) is 0 Å². The highest BCUT2D eigenvalue weighted by molar-refractivity contribution is 9.10. The minimum Gasteiger partial charge on any atom is -0.488 e. The molecule has 0 unspecified atom stereocenters. The van der Waals surface area contributed by atoms with E-state index in [4.69, 9.17) is 4.74 Å². The van der Waals surface area contributed by atoms with Crippen molar-refractivity contribution < 1.29 is 9.66 Å². The second-order valence-electron chi connectivity index (χ2n) is 4.11. The normalized spacial score (nSPS) is 10.3. The van der Waals surface area contributed by atoms with Gasteiger partial charge in [0.1, 0.15) is 12.4 Å². The van der Waals surface area contributed by atoms with E-state index in [0.717, 1.165) is 20.9 Å². The van der Waals surface area contributed by atoms with Gasteiger partial charge in [0.15, 0.2) is 0 Å². The summed E-state index contributed by atoms with van der Waals surface area (Å²) in [6.45, 7) is 0.286. The second kappa shape index (κ2) is 6.85. The van der Waals surface area contributed by atoms with Crippen molar-refractivity contribution in [3.63, 3.8) is 0 Å². The third-order valence-electron chi connectivity index (χ3n) is 2.67. The Labute approximate surface area is 133 Å². The van der Waals surface area contributed by atoms with Crippen molar-refractivity contribution in [1.29, 1.82) is 0 Å². The van der Waals surface area contributed by atoms with Crippen molar-refractivity contribution in [2.75, 3.05) is 0 Å². The molecule has 2 aromatic rings. The van der Waals surface area contributed by atoms with Crippen LogP contribution in [-0.4, -0.2) is 4.92 Å². The number of rotatable bonds is 5. The molecule has 0 aliphatic heterocycles. The van der Waals surface area contributed by atoms with Crippen LogP contribution in [0.1, 0.15) is 11.1 Å². The zero-order valence-corrected chi connectivity index (χ0v) is 13.6. The van der Waals surface area contributed by atoms with E-state index in [1.807, 2.05) is 18.2 Å². The van der Waals surface area contributed by atoms with Crippen molar-refractivity contribution in [2.45, 2.75) is 11.9 Å². The van der Waals surface area contributed by atoms with Crippen LogP contribution in [0.2, 0.25) is 0 Å². The summed E-state index contributed by atoms with van der Waals surface area (Å²) in [6, 6.07) is 12.2. The fourth-order valence-electron chi connectivity index (χ4n) is 1.67. The fourth-order valence-corrected chi connectivity index (χ4v) is 2.55. The van der Waals surface area contributed by atoms with Gasteiger partial charge >= 0.3 is 0 Å². The van der Waals surface area contributed by atoms with Crippen LogP contribution in [0.5, 0.6) is 5.75 Å². The number of hydrogen-bond donors (Lipinski definition) is 0. The minimum atomic E-state index is -0.412. The second-order valence-corrected chi connectivity index (χ2v) is 5.53. The maximum atomic E-state index is 10.7. The van der Waals surface area contributed by atoms with Gasteiger partial charge in [0.05, 0.1) is 9.40 Å². The average Bonchev–Trinajstić information content (AvgIpc) is 2.46. The van der Waals surface area contributed by atoms with Crippen LogP contribution in [0.25, 0.3) is 0 Å². The van der Waals surface area contributed by atoms with Gasteiger partial charge in [-0.2, -0.15) is 0 Å². The topological polar surface area (TPSA) is 52.4 Å². The van der Waals surface area contributed by atoms with E-state index >= 15 is 0 Å². The van der Waals surface area contributed by atoms with Crippen LogP contribution in [-0.2, 0) is 11.9 Å². The number of nitro groups is 1. The highest BCUT2D eigenvalue weighted by Gasteiger charge is 2.07. The summed E-state index contributed by atoms with van der Waals surface area (Å²) < 4.78 is 6.53. The van der Waals surface area contributed by atoms with Gasteiger partial charge in [-0.05, 0) is 39.2 Å². The first kappa shape index (κ1) is 15.0. The summed E-state index contributed by atoms with van der Waals surface area (Å²) in [5.41, 5.74) is 1.97. The van der Waals surface area contributed by atoms with Gasteiger partial charge in [-0.15, -0.1) is 0 Å². The van der Waals surface area contributed by atoms with Crippen LogP contribution in [0.4, 0.5) is 5.69 Å². The van der Waals surface area contributed by atoms with Gasteiger partial charge in [0.25, 0.3) is 5.69 Å². The summed E-state index contributed by atoms with van der Waals surface area (Å²) in [7, 11) is 0. The zero-order valence-electron chi connectivity index (χ0n) is 10.4. The highest BCUT2D eigenvalue weighted by atomic mass is 79.9. The Hall–Kier alpha value is -1.40. The van der Waals surface area contributed by atoms with E-state index in [0.29, 0.717) is 5.75 Å². The lowest BCUT2D eigenvalue weighted by Crippen LogP contribution is -1.97. The molecule has 2 rings (SSSR count). The van der Waals surface area contributed by atoms with Gasteiger partial charge in [-0.1, -0.05) is 34.1 Å². The molecule has 0 saturated heterocycles. The Bertz CT molecular complexity index is 632. The van der Waals surface area contributed by atoms with E-state index in [1.54, 1.807) is 12.1 Å². The molecule has 4 nitrogen and oxygen atoms in total. The van der Waals surface area contributed by atoms with Gasteiger partial charge in [-0.3, -0.25) is 10.1 Å². The highest BCUT2D eigenvalue weighted by Crippen LogP contribution is 2.27. The number of alkyl halides is 1. The number of nitro benzene ring substituents is 1. The number of nitrogens with zero attached hydrogens (tertiary/aromatic N) is 1. The van der Waals surface area contributed by atoms with Gasteiger partial charge in [-0.25, -0.2) is 0 Å². The third kappa shape index (κ3) is 3.80. The summed E-state index contributed by atoms with van der Waals surface area (Å²) in [4.78, 5) is 10.3. The molecule has 0 saturated carbocycles. The van der Waals surface area contributed by atoms with Gasteiger partial charge < -0.3 is 4.74 Å². The Kier molecular flexibility index (Phi) is 5.14. The van der Waals surface area contributed by atoms with Crippen LogP contribution in [0.3, 0.4) is 0 Å². The molecule has 104 valence electrons. The Morgan fingerprint density at radius 1 is 1.15 bits per heavy atom. The molecule has 0 atom stereocenters. The predicted molar refractivity (Wildman–Crippen MR) is 84.2 cm³/mol. The standard InChI is InChI=1S/C14H11Br2NO3/c15-8-10-4-5-14(13(16)7-10)20-9-11-2-1-3-12(6-11)17(18)19/h1-7H,8-9H2. The largest absolute Gasteiger partial charge is 0.488 e. The molecule has 0 spiro atoms. The molecule has 0 N–H and O–H groups in total. The molecule has 0 aromatic heterocycles. The lowest BCUT2D eigenvalue weighted by atomic mass is 10.2. The Balaban J connectivity index is 2.09. The molecule has 0 heterocycles. The van der Waals surface area contributed by atoms with E-state index in [1.165, 1.54) is 12.1 Å². The Morgan fingerprint density at radius 3 is 2.60 bits per heavy atom. The van der Waals surface area contributed by atoms with Crippen LogP contribution >= 0.6 is 31.9 Å². The molecule has 20 heavy (non-hydrogen) atoms. The smallest absolute Gasteiger partial charge is 0.269 e. The molecular formula is C14H11Br2NO3. The summed E-state index contributed by atoms with van der Waals surface area (Å²) in [6.07, 6.45) is 0. The number of halogens is 2. The number of ether oxygens (including phenoxy) is 1. The maximum absolute atomic E-state index is 10.7. The summed E-state index contributed by atoms with van der Waals surface area (Å²) in [5, 5.41) is 11.5. The SMILES string of the molecule is O=[N+]([O-])c1cccc(COc2ccc(CBr)cc2Br)c1. The monoisotopic (exact) mass is 399 g/mol. The molecular weight excluding hydrogens is 390 g/mol. The molecule has 0 amide bonds. The fraction of sp³-hybridized carbons (Fsp3) is 0.143. The molecule has 6 heteroatoms. The summed E-state index contributed by atoms with van der Waals surface area (Å²) in [5.74, 6) is 0.709. The average molecular weight is 401 g/mol. The van der Waals surface area contributed by atoms with Crippen LogP contribution < -0.4 is 4.74 Å². The molecule has 0 bridgehead atoms. The first-order valence-corrected chi connectivity index (χ1v) is 7.72. The van der Waals surface area contributed by atoms with Crippen molar-refractivity contribution in [1.82, 2.24) is 0 Å². The molecule has 0 fully saturated rings. The molecule has 0 radical (unpaired) electrons. The lowest BCUT2D eigenvalue weighted by molar-refractivity contribution is -0.384. The zero-order chi connectivity index (χ0) is 14.5. The van der Waals surface area contributed by atoms with Crippen molar-refractivity contribution >= 4 is 37.5 Å². The molecule has 0 aliphatic rings. The lowest BCUT2D eigenvalue weighted by Gasteiger charge is -2.09.